The Labute approximate surface area is 229 Å². The Morgan fingerprint density at radius 2 is 1.70 bits per heavy atom. The molecule has 0 spiro atoms. The summed E-state index contributed by atoms with van der Waals surface area (Å²) in [6.07, 6.45) is -7.51. The van der Waals surface area contributed by atoms with Gasteiger partial charge in [0.15, 0.2) is 5.67 Å². The van der Waals surface area contributed by atoms with Crippen LogP contribution in [0.3, 0.4) is 0 Å². The summed E-state index contributed by atoms with van der Waals surface area (Å²) in [5.74, 6) is -10.0. The molecular weight excluding hydrogens is 550 g/mol. The maximum Gasteiger partial charge on any atom is 0.392 e. The van der Waals surface area contributed by atoms with Crippen LogP contribution in [0.1, 0.15) is 45.4 Å². The van der Waals surface area contributed by atoms with E-state index in [0.717, 1.165) is 6.92 Å². The number of hydrogen-bond donors (Lipinski definition) is 2. The molecule has 6 nitrogen and oxygen atoms in total. The molecule has 8 atom stereocenters. The lowest BCUT2D eigenvalue weighted by atomic mass is 9.68. The average Bonchev–Trinajstić information content (AvgIpc) is 3.43. The molecular formula is C26H39F8N5O. The van der Waals surface area contributed by atoms with Gasteiger partial charge in [-0.3, -0.25) is 9.69 Å². The van der Waals surface area contributed by atoms with Crippen molar-refractivity contribution in [3.63, 3.8) is 0 Å². The molecule has 5 aliphatic rings. The van der Waals surface area contributed by atoms with E-state index in [9.17, 15) is 26.7 Å². The lowest BCUT2D eigenvalue weighted by molar-refractivity contribution is -0.205. The molecule has 40 heavy (non-hydrogen) atoms. The molecule has 1 amide bonds. The fraction of sp³-hybridized carbons (Fsp3) is 0.962. The van der Waals surface area contributed by atoms with E-state index < -0.39 is 77.8 Å². The first-order valence-corrected chi connectivity index (χ1v) is 14.2. The van der Waals surface area contributed by atoms with Crippen molar-refractivity contribution in [2.24, 2.45) is 35.5 Å². The predicted molar refractivity (Wildman–Crippen MR) is 130 cm³/mol. The molecule has 3 heterocycles. The number of nitrogens with one attached hydrogen (secondary N) is 2. The van der Waals surface area contributed by atoms with E-state index in [1.54, 1.807) is 4.90 Å². The topological polar surface area (TPSA) is 50.9 Å². The number of halogens is 8. The van der Waals surface area contributed by atoms with Crippen molar-refractivity contribution in [1.82, 2.24) is 25.6 Å². The molecule has 0 aromatic heterocycles. The number of carbonyl (C=O) groups excluding carboxylic acids is 1. The highest BCUT2D eigenvalue weighted by molar-refractivity contribution is 5.82. The second kappa shape index (κ2) is 10.8. The van der Waals surface area contributed by atoms with Crippen molar-refractivity contribution in [2.45, 2.75) is 81.8 Å². The van der Waals surface area contributed by atoms with E-state index in [1.165, 1.54) is 16.8 Å². The highest BCUT2D eigenvalue weighted by atomic mass is 19.4. The number of fused-ring (bicyclic) bond motifs is 1. The minimum Gasteiger partial charge on any atom is -0.339 e. The SMILES string of the molecule is CN1CNNC1C(F)(F)[C@](C)(F)C1CCCC(N2CC3C(CC(CN4CC(C(F)F)C4)CC3C(F)(F)F)C2=O)C1. The summed E-state index contributed by atoms with van der Waals surface area (Å²) in [6.45, 7) is 1.39. The second-order valence-corrected chi connectivity index (χ2v) is 12.9. The number of likely N-dealkylation sites (tertiary alicyclic amines) is 2. The third-order valence-electron chi connectivity index (χ3n) is 10.4. The van der Waals surface area contributed by atoms with Crippen molar-refractivity contribution in [3.8, 4) is 0 Å². The molecule has 2 aliphatic carbocycles. The Hall–Kier alpha value is -1.25. The van der Waals surface area contributed by atoms with E-state index in [2.05, 4.69) is 10.9 Å². The first-order valence-electron chi connectivity index (χ1n) is 14.2. The van der Waals surface area contributed by atoms with Crippen LogP contribution in [-0.2, 0) is 4.79 Å². The van der Waals surface area contributed by atoms with Crippen molar-refractivity contribution < 1.29 is 39.9 Å². The molecule has 2 N–H and O–H groups in total. The standard InChI is InChI=1S/C26H39F8N5O/c1-24(29,25(30,31)23-36-35-13-37(23)2)16-4-3-5-17(8-16)39-12-19-18(22(39)40)6-14(7-20(19)26(32,33)34)9-38-10-15(11-38)21(27)28/h14-21,23,35-36H,3-13H2,1-2H3/t14?,16?,17?,18?,19?,20?,23?,24-/m1/s1. The molecule has 0 aromatic rings. The lowest BCUT2D eigenvalue weighted by Crippen LogP contribution is -2.62. The molecule has 0 aromatic carbocycles. The number of rotatable bonds is 7. The maximum atomic E-state index is 16.0. The van der Waals surface area contributed by atoms with E-state index in [-0.39, 0.29) is 58.5 Å². The average molecular weight is 590 g/mol. The molecule has 5 fully saturated rings. The summed E-state index contributed by atoms with van der Waals surface area (Å²) in [7, 11) is 1.44. The van der Waals surface area contributed by atoms with E-state index in [4.69, 9.17) is 0 Å². The summed E-state index contributed by atoms with van der Waals surface area (Å²) >= 11 is 0. The van der Waals surface area contributed by atoms with Gasteiger partial charge in [-0.15, -0.1) is 0 Å². The summed E-state index contributed by atoms with van der Waals surface area (Å²) in [5.41, 5.74) is 2.10. The maximum absolute atomic E-state index is 16.0. The molecule has 3 aliphatic heterocycles. The molecule has 14 heteroatoms. The first-order chi connectivity index (χ1) is 18.6. The van der Waals surface area contributed by atoms with Crippen LogP contribution in [0.15, 0.2) is 0 Å². The highest BCUT2D eigenvalue weighted by Crippen LogP contribution is 2.53. The fourth-order valence-electron chi connectivity index (χ4n) is 7.97. The Morgan fingerprint density at radius 3 is 2.30 bits per heavy atom. The van der Waals surface area contributed by atoms with Gasteiger partial charge in [-0.2, -0.15) is 22.0 Å². The predicted octanol–water partition coefficient (Wildman–Crippen LogP) is 4.09. The Balaban J connectivity index is 1.28. The van der Waals surface area contributed by atoms with Gasteiger partial charge in [0.2, 0.25) is 12.3 Å². The van der Waals surface area contributed by atoms with E-state index in [0.29, 0.717) is 12.8 Å². The first kappa shape index (κ1) is 30.2. The van der Waals surface area contributed by atoms with Gasteiger partial charge in [0.05, 0.1) is 12.6 Å². The molecule has 2 saturated carbocycles. The summed E-state index contributed by atoms with van der Waals surface area (Å²) < 4.78 is 115. The molecule has 0 bridgehead atoms. The smallest absolute Gasteiger partial charge is 0.339 e. The van der Waals surface area contributed by atoms with Crippen LogP contribution in [0.25, 0.3) is 0 Å². The molecule has 7 unspecified atom stereocenters. The van der Waals surface area contributed by atoms with Crippen LogP contribution < -0.4 is 10.9 Å². The van der Waals surface area contributed by atoms with Crippen molar-refractivity contribution >= 4 is 5.91 Å². The summed E-state index contributed by atoms with van der Waals surface area (Å²) in [4.78, 5) is 18.0. The van der Waals surface area contributed by atoms with Crippen LogP contribution in [0.2, 0.25) is 0 Å². The quantitative estimate of drug-likeness (QED) is 0.439. The van der Waals surface area contributed by atoms with Gasteiger partial charge in [0, 0.05) is 50.0 Å². The lowest BCUT2D eigenvalue weighted by Gasteiger charge is -2.45. The van der Waals surface area contributed by atoms with Gasteiger partial charge >= 0.3 is 12.1 Å². The zero-order valence-corrected chi connectivity index (χ0v) is 22.7. The number of nitrogens with zero attached hydrogens (tertiary/aromatic N) is 3. The van der Waals surface area contributed by atoms with Crippen LogP contribution in [-0.4, -0.2) is 96.9 Å². The highest BCUT2D eigenvalue weighted by Gasteiger charge is 2.63. The summed E-state index contributed by atoms with van der Waals surface area (Å²) in [6, 6.07) is -0.607. The molecule has 3 saturated heterocycles. The van der Waals surface area contributed by atoms with Gasteiger partial charge in [0.1, 0.15) is 6.17 Å². The zero-order chi connectivity index (χ0) is 29.2. The fourth-order valence-corrected chi connectivity index (χ4v) is 7.97. The van der Waals surface area contributed by atoms with Gasteiger partial charge in [0.25, 0.3) is 0 Å². The minimum absolute atomic E-state index is 0.0411. The van der Waals surface area contributed by atoms with Crippen LogP contribution in [0.5, 0.6) is 0 Å². The summed E-state index contributed by atoms with van der Waals surface area (Å²) in [5, 5.41) is 0. The van der Waals surface area contributed by atoms with Crippen molar-refractivity contribution in [2.75, 3.05) is 39.9 Å². The Morgan fingerprint density at radius 1 is 1.00 bits per heavy atom. The number of amides is 1. The Bertz CT molecular complexity index is 929. The molecule has 0 radical (unpaired) electrons. The van der Waals surface area contributed by atoms with Gasteiger partial charge < -0.3 is 9.80 Å². The largest absolute Gasteiger partial charge is 0.392 e. The van der Waals surface area contributed by atoms with Crippen LogP contribution in [0, 0.1) is 35.5 Å². The monoisotopic (exact) mass is 589 g/mol. The third kappa shape index (κ3) is 5.34. The minimum atomic E-state index is -4.53. The number of hydrazine groups is 1. The third-order valence-corrected chi connectivity index (χ3v) is 10.4. The second-order valence-electron chi connectivity index (χ2n) is 12.9. The van der Waals surface area contributed by atoms with E-state index in [1.807, 2.05) is 0 Å². The van der Waals surface area contributed by atoms with Crippen LogP contribution >= 0.6 is 0 Å². The number of hydrogen-bond acceptors (Lipinski definition) is 5. The van der Waals surface area contributed by atoms with Crippen molar-refractivity contribution in [3.05, 3.63) is 0 Å². The Kier molecular flexibility index (Phi) is 8.15. The normalized spacial score (nSPS) is 38.5. The number of alkyl halides is 8. The van der Waals surface area contributed by atoms with Crippen molar-refractivity contribution in [1.29, 1.82) is 0 Å². The van der Waals surface area contributed by atoms with Crippen LogP contribution in [0.4, 0.5) is 35.1 Å². The van der Waals surface area contributed by atoms with Gasteiger partial charge in [-0.1, -0.05) is 6.42 Å². The number of carbonyl (C=O) groups is 1. The van der Waals surface area contributed by atoms with E-state index >= 15 is 13.2 Å². The van der Waals surface area contributed by atoms with Gasteiger partial charge in [-0.25, -0.2) is 24.0 Å². The molecule has 230 valence electrons. The zero-order valence-electron chi connectivity index (χ0n) is 22.7. The van der Waals surface area contributed by atoms with Gasteiger partial charge in [-0.05, 0) is 57.9 Å². The molecule has 5 rings (SSSR count).